The minimum Gasteiger partial charge on any atom is -0.316 e. The number of rotatable bonds is 5. The molecule has 0 aliphatic rings. The van der Waals surface area contributed by atoms with Crippen LogP contribution < -0.4 is 5.32 Å². The largest absolute Gasteiger partial charge is 0.316 e. The zero-order valence-electron chi connectivity index (χ0n) is 9.89. The topological polar surface area (TPSA) is 24.9 Å². The summed E-state index contributed by atoms with van der Waals surface area (Å²) in [6, 6.07) is 12.7. The fourth-order valence-corrected chi connectivity index (χ4v) is 2.51. The highest BCUT2D eigenvalue weighted by atomic mass is 32.2. The summed E-state index contributed by atoms with van der Waals surface area (Å²) in [7, 11) is 1.97. The molecule has 0 atom stereocenters. The van der Waals surface area contributed by atoms with Crippen molar-refractivity contribution in [1.82, 2.24) is 10.3 Å². The first-order valence-corrected chi connectivity index (χ1v) is 6.62. The van der Waals surface area contributed by atoms with Crippen LogP contribution in [0.5, 0.6) is 0 Å². The lowest BCUT2D eigenvalue weighted by Gasteiger charge is -2.04. The number of aromatic nitrogens is 1. The van der Waals surface area contributed by atoms with Gasteiger partial charge in [-0.05, 0) is 36.4 Å². The zero-order valence-corrected chi connectivity index (χ0v) is 10.7. The molecular formula is C14H16N2S. The lowest BCUT2D eigenvalue weighted by Crippen LogP contribution is -2.04. The van der Waals surface area contributed by atoms with Crippen molar-refractivity contribution in [3.05, 3.63) is 59.9 Å². The summed E-state index contributed by atoms with van der Waals surface area (Å²) >= 11 is 1.85. The molecule has 1 N–H and O–H groups in total. The Bertz CT molecular complexity index is 457. The number of nitrogens with zero attached hydrogens (tertiary/aromatic N) is 1. The fourth-order valence-electron chi connectivity index (χ4n) is 1.60. The molecule has 2 rings (SSSR count). The Kier molecular flexibility index (Phi) is 4.59. The van der Waals surface area contributed by atoms with Crippen LogP contribution in [0.3, 0.4) is 0 Å². The first-order valence-electron chi connectivity index (χ1n) is 5.64. The number of benzene rings is 1. The van der Waals surface area contributed by atoms with E-state index in [0.29, 0.717) is 0 Å². The molecule has 17 heavy (non-hydrogen) atoms. The van der Waals surface area contributed by atoms with Gasteiger partial charge in [-0.2, -0.15) is 0 Å². The average Bonchev–Trinajstić information content (AvgIpc) is 2.39. The molecule has 2 aromatic rings. The van der Waals surface area contributed by atoms with Crippen molar-refractivity contribution in [2.45, 2.75) is 17.2 Å². The van der Waals surface area contributed by atoms with Crippen molar-refractivity contribution in [2.75, 3.05) is 7.05 Å². The van der Waals surface area contributed by atoms with Crippen LogP contribution in [0.4, 0.5) is 0 Å². The number of pyridine rings is 1. The third kappa shape index (κ3) is 3.88. The van der Waals surface area contributed by atoms with Crippen LogP contribution in [0.2, 0.25) is 0 Å². The second-order valence-electron chi connectivity index (χ2n) is 3.83. The molecule has 0 fully saturated rings. The van der Waals surface area contributed by atoms with Crippen LogP contribution in [-0.2, 0) is 12.3 Å². The molecule has 1 aromatic heterocycles. The molecule has 1 heterocycles. The Hall–Kier alpha value is -1.32. The molecule has 0 aliphatic heterocycles. The highest BCUT2D eigenvalue weighted by Gasteiger charge is 1.98. The van der Waals surface area contributed by atoms with Crippen LogP contribution in [0.25, 0.3) is 0 Å². The van der Waals surface area contributed by atoms with E-state index in [1.807, 2.05) is 37.3 Å². The van der Waals surface area contributed by atoms with Gasteiger partial charge < -0.3 is 5.32 Å². The van der Waals surface area contributed by atoms with E-state index < -0.39 is 0 Å². The van der Waals surface area contributed by atoms with Gasteiger partial charge in [0.1, 0.15) is 0 Å². The SMILES string of the molecule is CNCc1cccc(SCc2cccnc2)c1. The normalized spacial score (nSPS) is 10.4. The highest BCUT2D eigenvalue weighted by molar-refractivity contribution is 7.98. The van der Waals surface area contributed by atoms with Crippen LogP contribution in [0.1, 0.15) is 11.1 Å². The average molecular weight is 244 g/mol. The molecule has 0 unspecified atom stereocenters. The van der Waals surface area contributed by atoms with Crippen molar-refractivity contribution in [2.24, 2.45) is 0 Å². The van der Waals surface area contributed by atoms with Gasteiger partial charge in [0.25, 0.3) is 0 Å². The summed E-state index contributed by atoms with van der Waals surface area (Å²) in [4.78, 5) is 5.43. The van der Waals surface area contributed by atoms with Crippen molar-refractivity contribution in [3.63, 3.8) is 0 Å². The van der Waals surface area contributed by atoms with Crippen LogP contribution in [-0.4, -0.2) is 12.0 Å². The number of nitrogens with one attached hydrogen (secondary N) is 1. The molecule has 3 heteroatoms. The van der Waals surface area contributed by atoms with E-state index >= 15 is 0 Å². The molecule has 0 spiro atoms. The van der Waals surface area contributed by atoms with Gasteiger partial charge in [0, 0.05) is 29.6 Å². The first-order chi connectivity index (χ1) is 8.38. The molecule has 0 saturated heterocycles. The van der Waals surface area contributed by atoms with Gasteiger partial charge in [-0.3, -0.25) is 4.98 Å². The van der Waals surface area contributed by atoms with Crippen LogP contribution in [0.15, 0.2) is 53.7 Å². The van der Waals surface area contributed by atoms with E-state index in [4.69, 9.17) is 0 Å². The number of hydrogen-bond donors (Lipinski definition) is 1. The van der Waals surface area contributed by atoms with Crippen molar-refractivity contribution >= 4 is 11.8 Å². The Morgan fingerprint density at radius 1 is 1.18 bits per heavy atom. The zero-order chi connectivity index (χ0) is 11.9. The molecule has 0 aliphatic carbocycles. The molecular weight excluding hydrogens is 228 g/mol. The smallest absolute Gasteiger partial charge is 0.0308 e. The maximum absolute atomic E-state index is 4.12. The van der Waals surface area contributed by atoms with Crippen molar-refractivity contribution < 1.29 is 0 Å². The van der Waals surface area contributed by atoms with Crippen LogP contribution >= 0.6 is 11.8 Å². The van der Waals surface area contributed by atoms with E-state index in [2.05, 4.69) is 40.6 Å². The minimum absolute atomic E-state index is 0.918. The van der Waals surface area contributed by atoms with E-state index in [-0.39, 0.29) is 0 Å². The van der Waals surface area contributed by atoms with Gasteiger partial charge in [-0.25, -0.2) is 0 Å². The second kappa shape index (κ2) is 6.42. The molecule has 2 nitrogen and oxygen atoms in total. The standard InChI is InChI=1S/C14H16N2S/c1-15-9-12-4-2-6-14(8-12)17-11-13-5-3-7-16-10-13/h2-8,10,15H,9,11H2,1H3. The summed E-state index contributed by atoms with van der Waals surface area (Å²) in [5.74, 6) is 0.969. The predicted molar refractivity (Wildman–Crippen MR) is 73.0 cm³/mol. The number of thioether (sulfide) groups is 1. The Balaban J connectivity index is 1.97. The van der Waals surface area contributed by atoms with Gasteiger partial charge in [-0.15, -0.1) is 11.8 Å². The van der Waals surface area contributed by atoms with Crippen molar-refractivity contribution in [1.29, 1.82) is 0 Å². The molecule has 88 valence electrons. The molecule has 1 aromatic carbocycles. The van der Waals surface area contributed by atoms with E-state index in [1.54, 1.807) is 0 Å². The first kappa shape index (κ1) is 12.1. The fraction of sp³-hybridized carbons (Fsp3) is 0.214. The Morgan fingerprint density at radius 2 is 2.06 bits per heavy atom. The molecule has 0 saturated carbocycles. The summed E-state index contributed by atoms with van der Waals surface area (Å²) in [6.07, 6.45) is 3.73. The summed E-state index contributed by atoms with van der Waals surface area (Å²) < 4.78 is 0. The van der Waals surface area contributed by atoms with Gasteiger partial charge in [0.15, 0.2) is 0 Å². The Morgan fingerprint density at radius 3 is 2.82 bits per heavy atom. The maximum atomic E-state index is 4.12. The van der Waals surface area contributed by atoms with Gasteiger partial charge >= 0.3 is 0 Å². The lowest BCUT2D eigenvalue weighted by atomic mass is 10.2. The van der Waals surface area contributed by atoms with Gasteiger partial charge in [0.2, 0.25) is 0 Å². The monoisotopic (exact) mass is 244 g/mol. The van der Waals surface area contributed by atoms with Gasteiger partial charge in [-0.1, -0.05) is 18.2 Å². The molecule has 0 radical (unpaired) electrons. The third-order valence-electron chi connectivity index (χ3n) is 2.41. The lowest BCUT2D eigenvalue weighted by molar-refractivity contribution is 0.815. The van der Waals surface area contributed by atoms with E-state index in [1.165, 1.54) is 16.0 Å². The minimum atomic E-state index is 0.918. The number of hydrogen-bond acceptors (Lipinski definition) is 3. The third-order valence-corrected chi connectivity index (χ3v) is 3.47. The second-order valence-corrected chi connectivity index (χ2v) is 4.88. The quantitative estimate of drug-likeness (QED) is 0.818. The summed E-state index contributed by atoms with van der Waals surface area (Å²) in [5, 5.41) is 3.17. The summed E-state index contributed by atoms with van der Waals surface area (Å²) in [5.41, 5.74) is 2.58. The summed E-state index contributed by atoms with van der Waals surface area (Å²) in [6.45, 7) is 0.918. The Labute approximate surface area is 106 Å². The van der Waals surface area contributed by atoms with Gasteiger partial charge in [0.05, 0.1) is 0 Å². The van der Waals surface area contributed by atoms with Crippen LogP contribution in [0, 0.1) is 0 Å². The molecule has 0 amide bonds. The molecule has 0 bridgehead atoms. The van der Waals surface area contributed by atoms with Crippen molar-refractivity contribution in [3.8, 4) is 0 Å². The maximum Gasteiger partial charge on any atom is 0.0308 e. The van der Waals surface area contributed by atoms with E-state index in [9.17, 15) is 0 Å². The predicted octanol–water partition coefficient (Wildman–Crippen LogP) is 3.09. The highest BCUT2D eigenvalue weighted by Crippen LogP contribution is 2.23. The van der Waals surface area contributed by atoms with E-state index in [0.717, 1.165) is 12.3 Å².